The monoisotopic (exact) mass is 593 g/mol. The lowest BCUT2D eigenvalue weighted by Gasteiger charge is -2.34. The van der Waals surface area contributed by atoms with Gasteiger partial charge in [0.1, 0.15) is 24.0 Å². The van der Waals surface area contributed by atoms with Gasteiger partial charge in [0, 0.05) is 13.0 Å². The lowest BCUT2D eigenvalue weighted by atomic mass is 10.1. The van der Waals surface area contributed by atoms with Gasteiger partial charge in [0.15, 0.2) is 6.23 Å². The van der Waals surface area contributed by atoms with E-state index in [1.165, 1.54) is 19.1 Å². The first-order valence-corrected chi connectivity index (χ1v) is 14.6. The Morgan fingerprint density at radius 1 is 1.33 bits per heavy atom. The normalized spacial score (nSPS) is 27.7. The standard InChI is InChI=1S/C24H34ClFN3O9P/c1-4-16(5-2)13-35-21(32)15(3)28-39(34,38-17-9-7-6-8-10-17)36-14-18-20(31)24(25,26)22(37-18)29-12-11-19(30)27-23(29)33/h6-10,15-16,18,20,22,31H,4-5,11-14H2,1-3H3,(H,28,34)(H,27,30,33)/t15-,18+,20+,22+,24+,39?/m0/s1. The highest BCUT2D eigenvalue weighted by Gasteiger charge is 2.60. The Kier molecular flexibility index (Phi) is 10.7. The van der Waals surface area contributed by atoms with Crippen molar-refractivity contribution in [2.75, 3.05) is 19.8 Å². The number of aliphatic hydroxyl groups is 1. The zero-order valence-electron chi connectivity index (χ0n) is 21.9. The van der Waals surface area contributed by atoms with E-state index >= 15 is 4.39 Å². The number of rotatable bonds is 13. The molecule has 2 fully saturated rings. The summed E-state index contributed by atoms with van der Waals surface area (Å²) in [5.41, 5.74) is 0. The van der Waals surface area contributed by atoms with E-state index in [4.69, 9.17) is 30.1 Å². The Balaban J connectivity index is 1.71. The Hall–Kier alpha value is -2.28. The molecule has 0 aliphatic carbocycles. The van der Waals surface area contributed by atoms with Crippen LogP contribution >= 0.6 is 19.3 Å². The number of amides is 3. The van der Waals surface area contributed by atoms with Crippen molar-refractivity contribution in [1.29, 1.82) is 0 Å². The molecule has 0 aromatic heterocycles. The van der Waals surface area contributed by atoms with Crippen molar-refractivity contribution in [2.24, 2.45) is 5.92 Å². The van der Waals surface area contributed by atoms with Gasteiger partial charge in [0.2, 0.25) is 5.91 Å². The van der Waals surface area contributed by atoms with Gasteiger partial charge in [-0.2, -0.15) is 5.09 Å². The molecular weight excluding hydrogens is 560 g/mol. The van der Waals surface area contributed by atoms with Gasteiger partial charge in [-0.25, -0.2) is 13.8 Å². The van der Waals surface area contributed by atoms with Crippen molar-refractivity contribution in [3.05, 3.63) is 30.3 Å². The van der Waals surface area contributed by atoms with Gasteiger partial charge in [-0.1, -0.05) is 56.5 Å². The predicted molar refractivity (Wildman–Crippen MR) is 137 cm³/mol. The lowest BCUT2D eigenvalue weighted by molar-refractivity contribution is -0.146. The fourth-order valence-electron chi connectivity index (χ4n) is 3.96. The number of carbonyl (C=O) groups excluding carboxylic acids is 3. The minimum absolute atomic E-state index is 0.120. The third kappa shape index (κ3) is 7.90. The van der Waals surface area contributed by atoms with Gasteiger partial charge >= 0.3 is 19.7 Å². The average Bonchev–Trinajstić information content (AvgIpc) is 3.12. The molecule has 2 aliphatic heterocycles. The van der Waals surface area contributed by atoms with E-state index < -0.39 is 61.9 Å². The molecule has 1 aromatic rings. The van der Waals surface area contributed by atoms with Gasteiger partial charge in [0.25, 0.3) is 5.13 Å². The predicted octanol–water partition coefficient (Wildman–Crippen LogP) is 3.08. The summed E-state index contributed by atoms with van der Waals surface area (Å²) in [6.07, 6.45) is -3.75. The van der Waals surface area contributed by atoms with Crippen molar-refractivity contribution >= 4 is 37.3 Å². The van der Waals surface area contributed by atoms with Gasteiger partial charge in [-0.3, -0.25) is 24.3 Å². The molecule has 218 valence electrons. The average molecular weight is 594 g/mol. The van der Waals surface area contributed by atoms with Crippen LogP contribution in [0.3, 0.4) is 0 Å². The third-order valence-electron chi connectivity index (χ3n) is 6.45. The largest absolute Gasteiger partial charge is 0.464 e. The summed E-state index contributed by atoms with van der Waals surface area (Å²) in [6.45, 7) is 4.67. The van der Waals surface area contributed by atoms with E-state index in [9.17, 15) is 24.1 Å². The summed E-state index contributed by atoms with van der Waals surface area (Å²) in [7, 11) is -4.35. The number of benzene rings is 1. The number of para-hydroxylation sites is 1. The van der Waals surface area contributed by atoms with E-state index in [0.29, 0.717) is 0 Å². The summed E-state index contributed by atoms with van der Waals surface area (Å²) in [5, 5.41) is 12.1. The number of urea groups is 1. The number of nitrogens with zero attached hydrogens (tertiary/aromatic N) is 1. The van der Waals surface area contributed by atoms with Crippen LogP contribution in [0.15, 0.2) is 30.3 Å². The molecule has 39 heavy (non-hydrogen) atoms. The molecule has 0 radical (unpaired) electrons. The number of carbonyl (C=O) groups is 3. The zero-order chi connectivity index (χ0) is 28.8. The minimum Gasteiger partial charge on any atom is -0.464 e. The van der Waals surface area contributed by atoms with E-state index in [1.807, 2.05) is 19.2 Å². The van der Waals surface area contributed by atoms with Crippen LogP contribution in [0.1, 0.15) is 40.0 Å². The molecule has 3 N–H and O–H groups in total. The van der Waals surface area contributed by atoms with E-state index in [0.717, 1.165) is 17.7 Å². The number of imide groups is 1. The van der Waals surface area contributed by atoms with E-state index in [-0.39, 0.29) is 31.2 Å². The van der Waals surface area contributed by atoms with Crippen LogP contribution in [0.25, 0.3) is 0 Å². The number of ether oxygens (including phenoxy) is 2. The van der Waals surface area contributed by atoms with Crippen LogP contribution in [0.4, 0.5) is 9.18 Å². The number of esters is 1. The summed E-state index contributed by atoms with van der Waals surface area (Å²) in [6, 6.07) is 5.91. The minimum atomic E-state index is -4.35. The number of hydrogen-bond acceptors (Lipinski definition) is 9. The maximum Gasteiger partial charge on any atom is 0.459 e. The Morgan fingerprint density at radius 3 is 2.62 bits per heavy atom. The summed E-state index contributed by atoms with van der Waals surface area (Å²) in [5.74, 6) is -0.918. The van der Waals surface area contributed by atoms with Crippen molar-refractivity contribution in [2.45, 2.75) is 69.6 Å². The van der Waals surface area contributed by atoms with E-state index in [2.05, 4.69) is 5.09 Å². The molecule has 15 heteroatoms. The molecule has 2 saturated heterocycles. The van der Waals surface area contributed by atoms with E-state index in [1.54, 1.807) is 18.2 Å². The number of aliphatic hydroxyl groups excluding tert-OH is 1. The SMILES string of the molecule is CCC(CC)COC(=O)[C@H](C)NP(=O)(OC[C@H]1O[C@@H](N2CCC(=O)NC2=O)[C@@](F)(Cl)[C@@H]1O)Oc1ccccc1. The van der Waals surface area contributed by atoms with Crippen LogP contribution in [-0.4, -0.2) is 77.3 Å². The van der Waals surface area contributed by atoms with Crippen molar-refractivity contribution < 1.29 is 47.0 Å². The highest BCUT2D eigenvalue weighted by molar-refractivity contribution is 7.52. The van der Waals surface area contributed by atoms with Crippen molar-refractivity contribution in [3.8, 4) is 5.75 Å². The van der Waals surface area contributed by atoms with Gasteiger partial charge in [0.05, 0.1) is 13.2 Å². The second-order valence-corrected chi connectivity index (χ2v) is 11.6. The number of alkyl halides is 2. The van der Waals surface area contributed by atoms with Crippen LogP contribution < -0.4 is 14.9 Å². The molecule has 2 heterocycles. The van der Waals surface area contributed by atoms with Crippen molar-refractivity contribution in [1.82, 2.24) is 15.3 Å². The van der Waals surface area contributed by atoms with Gasteiger partial charge < -0.3 is 19.1 Å². The van der Waals surface area contributed by atoms with Crippen molar-refractivity contribution in [3.63, 3.8) is 0 Å². The maximum atomic E-state index is 15.3. The highest BCUT2D eigenvalue weighted by Crippen LogP contribution is 2.47. The molecule has 0 bridgehead atoms. The summed E-state index contributed by atoms with van der Waals surface area (Å²) >= 11 is 5.92. The zero-order valence-corrected chi connectivity index (χ0v) is 23.5. The van der Waals surface area contributed by atoms with Crippen LogP contribution in [0.2, 0.25) is 0 Å². The number of nitrogens with one attached hydrogen (secondary N) is 2. The summed E-state index contributed by atoms with van der Waals surface area (Å²) in [4.78, 5) is 37.0. The van der Waals surface area contributed by atoms with Crippen LogP contribution in [0.5, 0.6) is 5.75 Å². The molecule has 0 saturated carbocycles. The first kappa shape index (κ1) is 31.3. The fourth-order valence-corrected chi connectivity index (χ4v) is 5.77. The third-order valence-corrected chi connectivity index (χ3v) is 8.50. The molecular formula is C24H34ClFN3O9P. The molecule has 2 aliphatic rings. The molecule has 12 nitrogen and oxygen atoms in total. The smallest absolute Gasteiger partial charge is 0.459 e. The molecule has 6 atom stereocenters. The Bertz CT molecular complexity index is 1060. The molecule has 1 aromatic carbocycles. The Morgan fingerprint density at radius 2 is 2.00 bits per heavy atom. The second-order valence-electron chi connectivity index (χ2n) is 9.30. The highest BCUT2D eigenvalue weighted by atomic mass is 35.5. The van der Waals surface area contributed by atoms with Gasteiger partial charge in [-0.05, 0) is 25.0 Å². The number of halogens is 2. The molecule has 3 amide bonds. The van der Waals surface area contributed by atoms with Gasteiger partial charge in [-0.15, -0.1) is 0 Å². The van der Waals surface area contributed by atoms with Crippen LogP contribution in [-0.2, 0) is 28.2 Å². The first-order chi connectivity index (χ1) is 18.4. The topological polar surface area (TPSA) is 153 Å². The van der Waals surface area contributed by atoms with Crippen LogP contribution in [0, 0.1) is 5.92 Å². The summed E-state index contributed by atoms with van der Waals surface area (Å²) < 4.78 is 50.9. The second kappa shape index (κ2) is 13.4. The first-order valence-electron chi connectivity index (χ1n) is 12.7. The Labute approximate surface area is 231 Å². The lowest BCUT2D eigenvalue weighted by Crippen LogP contribution is -2.58. The quantitative estimate of drug-likeness (QED) is 0.177. The number of hydrogen-bond donors (Lipinski definition) is 3. The molecule has 0 spiro atoms. The molecule has 3 rings (SSSR count). The maximum absolute atomic E-state index is 15.3. The fraction of sp³-hybridized carbons (Fsp3) is 0.625. The molecule has 1 unspecified atom stereocenters.